The second-order valence-corrected chi connectivity index (χ2v) is 5.02. The average molecular weight is 379 g/mol. The molecule has 26 heavy (non-hydrogen) atoms. The van der Waals surface area contributed by atoms with E-state index in [9.17, 15) is 27.2 Å². The predicted molar refractivity (Wildman–Crippen MR) is 83.4 cm³/mol. The number of methoxy groups -OCH3 is 2. The molecular formula is C16H17F4NO5. The van der Waals surface area contributed by atoms with Gasteiger partial charge in [-0.25, -0.2) is 18.4 Å². The van der Waals surface area contributed by atoms with Crippen molar-refractivity contribution in [1.82, 2.24) is 0 Å². The molecular weight excluding hydrogens is 362 g/mol. The monoisotopic (exact) mass is 379 g/mol. The molecule has 1 N–H and O–H groups in total. The quantitative estimate of drug-likeness (QED) is 0.425. The molecule has 0 aliphatic heterocycles. The van der Waals surface area contributed by atoms with Crippen LogP contribution in [-0.4, -0.2) is 45.1 Å². The van der Waals surface area contributed by atoms with Crippen molar-refractivity contribution in [3.8, 4) is 5.75 Å². The van der Waals surface area contributed by atoms with E-state index in [4.69, 9.17) is 0 Å². The lowest BCUT2D eigenvalue weighted by Crippen LogP contribution is -2.33. The first-order chi connectivity index (χ1) is 12.1. The van der Waals surface area contributed by atoms with Gasteiger partial charge in [-0.2, -0.15) is 8.78 Å². The zero-order valence-electron chi connectivity index (χ0n) is 14.1. The van der Waals surface area contributed by atoms with E-state index in [1.54, 1.807) is 6.92 Å². The Morgan fingerprint density at radius 2 is 1.88 bits per heavy atom. The summed E-state index contributed by atoms with van der Waals surface area (Å²) in [6.45, 7) is 0.0695. The highest BCUT2D eigenvalue weighted by atomic mass is 19.3. The van der Waals surface area contributed by atoms with E-state index in [2.05, 4.69) is 19.5 Å². The van der Waals surface area contributed by atoms with Crippen molar-refractivity contribution in [1.29, 1.82) is 0 Å². The summed E-state index contributed by atoms with van der Waals surface area (Å²) < 4.78 is 63.6. The van der Waals surface area contributed by atoms with E-state index >= 15 is 0 Å². The fourth-order valence-electron chi connectivity index (χ4n) is 1.69. The molecule has 0 aromatic heterocycles. The van der Waals surface area contributed by atoms with E-state index < -0.39 is 30.9 Å². The molecule has 0 saturated carbocycles. The molecule has 0 atom stereocenters. The third-order valence-corrected chi connectivity index (χ3v) is 3.09. The molecule has 0 heterocycles. The number of halogens is 4. The van der Waals surface area contributed by atoms with Crippen LogP contribution in [0.25, 0.3) is 0 Å². The van der Waals surface area contributed by atoms with Gasteiger partial charge in [-0.1, -0.05) is 0 Å². The van der Waals surface area contributed by atoms with Crippen molar-refractivity contribution >= 4 is 17.6 Å². The van der Waals surface area contributed by atoms with E-state index in [1.807, 2.05) is 0 Å². The molecule has 0 aliphatic carbocycles. The van der Waals surface area contributed by atoms with Crippen molar-refractivity contribution in [2.45, 2.75) is 19.3 Å². The van der Waals surface area contributed by atoms with Gasteiger partial charge in [0.15, 0.2) is 6.61 Å². The maximum Gasteiger partial charge on any atom is 0.354 e. The highest BCUT2D eigenvalue weighted by Crippen LogP contribution is 2.27. The standard InChI is InChI=1S/C16H17F4NO5/c1-9-6-10(26-8-16(19,20)15(17)18)4-5-11(9)21-12(14(23)25-3)7-13(22)24-2/h4-7,15,21H,8H2,1-3H3/b12-7+. The molecule has 6 nitrogen and oxygen atoms in total. The summed E-state index contributed by atoms with van der Waals surface area (Å²) in [6.07, 6.45) is -2.96. The SMILES string of the molecule is COC(=O)/C=C(/Nc1ccc(OCC(F)(F)C(F)F)cc1C)C(=O)OC. The molecule has 0 radical (unpaired) electrons. The average Bonchev–Trinajstić information content (AvgIpc) is 2.60. The minimum atomic E-state index is -4.27. The number of ether oxygens (including phenoxy) is 3. The van der Waals surface area contributed by atoms with Crippen molar-refractivity contribution in [2.24, 2.45) is 0 Å². The van der Waals surface area contributed by atoms with E-state index in [1.165, 1.54) is 18.2 Å². The number of hydrogen-bond donors (Lipinski definition) is 1. The third kappa shape index (κ3) is 5.94. The van der Waals surface area contributed by atoms with Crippen molar-refractivity contribution in [2.75, 3.05) is 26.1 Å². The van der Waals surface area contributed by atoms with Crippen LogP contribution in [-0.2, 0) is 19.1 Å². The molecule has 0 bridgehead atoms. The highest BCUT2D eigenvalue weighted by Gasteiger charge is 2.41. The summed E-state index contributed by atoms with van der Waals surface area (Å²) in [5.41, 5.74) is 0.543. The number of esters is 2. The Labute approximate surface area is 146 Å². The van der Waals surface area contributed by atoms with E-state index in [-0.39, 0.29) is 11.4 Å². The normalized spacial score (nSPS) is 11.9. The maximum absolute atomic E-state index is 12.9. The molecule has 1 aromatic carbocycles. The van der Waals surface area contributed by atoms with Gasteiger partial charge in [0.1, 0.15) is 11.4 Å². The minimum Gasteiger partial charge on any atom is -0.487 e. The summed E-state index contributed by atoms with van der Waals surface area (Å²) in [5.74, 6) is -5.98. The van der Waals surface area contributed by atoms with Gasteiger partial charge in [-0.15, -0.1) is 0 Å². The summed E-state index contributed by atoms with van der Waals surface area (Å²) in [6, 6.07) is 3.90. The van der Waals surface area contributed by atoms with Gasteiger partial charge in [0, 0.05) is 5.69 Å². The molecule has 1 aromatic rings. The lowest BCUT2D eigenvalue weighted by Gasteiger charge is -2.17. The number of anilines is 1. The Morgan fingerprint density at radius 1 is 1.23 bits per heavy atom. The minimum absolute atomic E-state index is 0.0649. The van der Waals surface area contributed by atoms with Crippen molar-refractivity contribution in [3.63, 3.8) is 0 Å². The molecule has 0 spiro atoms. The Hall–Kier alpha value is -2.78. The first-order valence-corrected chi connectivity index (χ1v) is 7.15. The van der Waals surface area contributed by atoms with E-state index in [0.29, 0.717) is 11.3 Å². The van der Waals surface area contributed by atoms with Gasteiger partial charge in [0.25, 0.3) is 0 Å². The van der Waals surface area contributed by atoms with E-state index in [0.717, 1.165) is 20.3 Å². The molecule has 0 unspecified atom stereocenters. The number of rotatable bonds is 8. The largest absolute Gasteiger partial charge is 0.487 e. The topological polar surface area (TPSA) is 73.9 Å². The van der Waals surface area contributed by atoms with Crippen LogP contribution >= 0.6 is 0 Å². The number of hydrogen-bond acceptors (Lipinski definition) is 6. The summed E-state index contributed by atoms with van der Waals surface area (Å²) in [5, 5.41) is 2.64. The fraction of sp³-hybridized carbons (Fsp3) is 0.375. The molecule has 10 heteroatoms. The molecule has 0 amide bonds. The first kappa shape index (κ1) is 21.3. The highest BCUT2D eigenvalue weighted by molar-refractivity contribution is 5.98. The number of carbonyl (C=O) groups is 2. The number of nitrogens with one attached hydrogen (secondary N) is 1. The van der Waals surface area contributed by atoms with Gasteiger partial charge in [0.2, 0.25) is 0 Å². The second kappa shape index (κ2) is 9.07. The summed E-state index contributed by atoms with van der Waals surface area (Å²) in [4.78, 5) is 23.0. The number of carbonyl (C=O) groups excluding carboxylic acids is 2. The third-order valence-electron chi connectivity index (χ3n) is 3.09. The van der Waals surface area contributed by atoms with Crippen LogP contribution in [0, 0.1) is 6.92 Å². The lowest BCUT2D eigenvalue weighted by atomic mass is 10.2. The zero-order chi connectivity index (χ0) is 19.9. The van der Waals surface area contributed by atoms with Gasteiger partial charge < -0.3 is 19.5 Å². The summed E-state index contributed by atoms with van der Waals surface area (Å²) >= 11 is 0. The van der Waals surface area contributed by atoms with Crippen LogP contribution in [0.4, 0.5) is 23.2 Å². The smallest absolute Gasteiger partial charge is 0.354 e. The van der Waals surface area contributed by atoms with Crippen LogP contribution in [0.2, 0.25) is 0 Å². The Kier molecular flexibility index (Phi) is 7.41. The van der Waals surface area contributed by atoms with Crippen LogP contribution < -0.4 is 10.1 Å². The maximum atomic E-state index is 12.9. The van der Waals surface area contributed by atoms with Gasteiger partial charge in [-0.3, -0.25) is 0 Å². The molecule has 1 rings (SSSR count). The van der Waals surface area contributed by atoms with Crippen LogP contribution in [0.3, 0.4) is 0 Å². The molecule has 144 valence electrons. The number of alkyl halides is 4. The molecule has 0 aliphatic rings. The lowest BCUT2D eigenvalue weighted by molar-refractivity contribution is -0.148. The van der Waals surface area contributed by atoms with Crippen LogP contribution in [0.15, 0.2) is 30.0 Å². The Morgan fingerprint density at radius 3 is 2.38 bits per heavy atom. The van der Waals surface area contributed by atoms with Gasteiger partial charge >= 0.3 is 24.3 Å². The number of benzene rings is 1. The summed E-state index contributed by atoms with van der Waals surface area (Å²) in [7, 11) is 2.24. The van der Waals surface area contributed by atoms with Crippen molar-refractivity contribution in [3.05, 3.63) is 35.5 Å². The number of aryl methyl sites for hydroxylation is 1. The van der Waals surface area contributed by atoms with Crippen LogP contribution in [0.1, 0.15) is 5.56 Å². The Bertz CT molecular complexity index is 691. The predicted octanol–water partition coefficient (Wildman–Crippen LogP) is 2.92. The second-order valence-electron chi connectivity index (χ2n) is 5.02. The zero-order valence-corrected chi connectivity index (χ0v) is 14.1. The van der Waals surface area contributed by atoms with Crippen LogP contribution in [0.5, 0.6) is 5.75 Å². The molecule has 0 saturated heterocycles. The van der Waals surface area contributed by atoms with Gasteiger partial charge in [-0.05, 0) is 30.7 Å². The van der Waals surface area contributed by atoms with Gasteiger partial charge in [0.05, 0.1) is 20.3 Å². The molecule has 0 fully saturated rings. The fourth-order valence-corrected chi connectivity index (χ4v) is 1.69. The Balaban J connectivity index is 2.93. The van der Waals surface area contributed by atoms with Crippen molar-refractivity contribution < 1.29 is 41.4 Å². The first-order valence-electron chi connectivity index (χ1n) is 7.15.